The molecule has 1 unspecified atom stereocenters. The van der Waals surface area contributed by atoms with E-state index in [0.717, 1.165) is 23.1 Å². The van der Waals surface area contributed by atoms with Gasteiger partial charge in [-0.15, -0.1) is 0 Å². The van der Waals surface area contributed by atoms with Crippen LogP contribution in [0.4, 0.5) is 0 Å². The van der Waals surface area contributed by atoms with Gasteiger partial charge in [0.2, 0.25) is 11.8 Å². The van der Waals surface area contributed by atoms with Crippen molar-refractivity contribution in [1.29, 1.82) is 5.26 Å². The molecule has 2 aromatic rings. The first-order chi connectivity index (χ1) is 14.0. The van der Waals surface area contributed by atoms with Crippen LogP contribution in [0.3, 0.4) is 0 Å². The fourth-order valence-electron chi connectivity index (χ4n) is 3.67. The monoisotopic (exact) mass is 387 g/mol. The van der Waals surface area contributed by atoms with Gasteiger partial charge < -0.3 is 9.80 Å². The maximum absolute atomic E-state index is 13.2. The van der Waals surface area contributed by atoms with Crippen LogP contribution in [0.5, 0.6) is 0 Å². The zero-order chi connectivity index (χ0) is 20.8. The van der Waals surface area contributed by atoms with Gasteiger partial charge in [0.25, 0.3) is 0 Å². The van der Waals surface area contributed by atoms with Gasteiger partial charge >= 0.3 is 0 Å². The Balaban J connectivity index is 1.81. The smallest absolute Gasteiger partial charge is 0.225 e. The fraction of sp³-hybridized carbons (Fsp3) is 0.292. The van der Waals surface area contributed by atoms with Crippen LogP contribution in [0.2, 0.25) is 0 Å². The lowest BCUT2D eigenvalue weighted by Crippen LogP contribution is -2.37. The first-order valence-electron chi connectivity index (χ1n) is 9.86. The van der Waals surface area contributed by atoms with E-state index in [1.807, 2.05) is 54.3 Å². The zero-order valence-corrected chi connectivity index (χ0v) is 16.8. The molecule has 0 bridgehead atoms. The Morgan fingerprint density at radius 1 is 1.14 bits per heavy atom. The summed E-state index contributed by atoms with van der Waals surface area (Å²) in [6, 6.07) is 17.0. The van der Waals surface area contributed by atoms with Gasteiger partial charge in [-0.1, -0.05) is 43.3 Å². The number of hydrogen-bond acceptors (Lipinski definition) is 3. The van der Waals surface area contributed by atoms with Crippen LogP contribution in [-0.2, 0) is 16.1 Å². The predicted molar refractivity (Wildman–Crippen MR) is 112 cm³/mol. The van der Waals surface area contributed by atoms with Crippen LogP contribution >= 0.6 is 0 Å². The van der Waals surface area contributed by atoms with Gasteiger partial charge in [0, 0.05) is 26.2 Å². The molecule has 2 aromatic carbocycles. The third-order valence-electron chi connectivity index (χ3n) is 5.14. The van der Waals surface area contributed by atoms with Crippen molar-refractivity contribution in [3.8, 4) is 6.07 Å². The molecule has 1 atom stereocenters. The predicted octanol–water partition coefficient (Wildman–Crippen LogP) is 4.26. The topological polar surface area (TPSA) is 64.4 Å². The number of hydrogen-bond donors (Lipinski definition) is 0. The van der Waals surface area contributed by atoms with Gasteiger partial charge in [0.1, 0.15) is 0 Å². The Morgan fingerprint density at radius 2 is 1.86 bits per heavy atom. The van der Waals surface area contributed by atoms with E-state index in [4.69, 9.17) is 5.26 Å². The molecule has 5 nitrogen and oxygen atoms in total. The highest BCUT2D eigenvalue weighted by atomic mass is 16.2. The lowest BCUT2D eigenvalue weighted by molar-refractivity contribution is -0.135. The van der Waals surface area contributed by atoms with Gasteiger partial charge in [-0.05, 0) is 41.3 Å². The molecule has 0 saturated carbocycles. The summed E-state index contributed by atoms with van der Waals surface area (Å²) < 4.78 is 0. The number of nitriles is 1. The molecular formula is C24H25N3O2. The Bertz CT molecular complexity index is 957. The van der Waals surface area contributed by atoms with Crippen molar-refractivity contribution in [3.63, 3.8) is 0 Å². The van der Waals surface area contributed by atoms with Gasteiger partial charge in [-0.2, -0.15) is 5.26 Å². The summed E-state index contributed by atoms with van der Waals surface area (Å²) >= 11 is 0. The Morgan fingerprint density at radius 3 is 2.52 bits per heavy atom. The number of benzene rings is 2. The quantitative estimate of drug-likeness (QED) is 0.744. The summed E-state index contributed by atoms with van der Waals surface area (Å²) in [6.07, 6.45) is 4.77. The first-order valence-corrected chi connectivity index (χ1v) is 9.86. The molecule has 2 amide bonds. The van der Waals surface area contributed by atoms with Gasteiger partial charge in [0.05, 0.1) is 24.1 Å². The zero-order valence-electron chi connectivity index (χ0n) is 16.8. The van der Waals surface area contributed by atoms with Gasteiger partial charge in [0.15, 0.2) is 0 Å². The molecule has 0 N–H and O–H groups in total. The molecule has 0 aliphatic carbocycles. The van der Waals surface area contributed by atoms with E-state index in [2.05, 4.69) is 6.07 Å². The van der Waals surface area contributed by atoms with Gasteiger partial charge in [-0.25, -0.2) is 0 Å². The Hall–Kier alpha value is -3.39. The summed E-state index contributed by atoms with van der Waals surface area (Å²) in [5, 5.41) is 8.96. The van der Waals surface area contributed by atoms with E-state index >= 15 is 0 Å². The fourth-order valence-corrected chi connectivity index (χ4v) is 3.67. The van der Waals surface area contributed by atoms with Crippen LogP contribution in [0.1, 0.15) is 55.0 Å². The lowest BCUT2D eigenvalue weighted by Gasteiger charge is -2.34. The van der Waals surface area contributed by atoms with Crippen molar-refractivity contribution in [2.45, 2.75) is 39.3 Å². The van der Waals surface area contributed by atoms with Crippen molar-refractivity contribution in [2.24, 2.45) is 0 Å². The van der Waals surface area contributed by atoms with E-state index < -0.39 is 0 Å². The van der Waals surface area contributed by atoms with Crippen molar-refractivity contribution in [2.75, 3.05) is 6.54 Å². The molecule has 0 fully saturated rings. The molecule has 0 saturated heterocycles. The highest BCUT2D eigenvalue weighted by Crippen LogP contribution is 2.33. The molecular weight excluding hydrogens is 362 g/mol. The van der Waals surface area contributed by atoms with Crippen molar-refractivity contribution >= 4 is 17.9 Å². The minimum Gasteiger partial charge on any atom is -0.338 e. The van der Waals surface area contributed by atoms with Crippen LogP contribution in [0.25, 0.3) is 6.08 Å². The third kappa shape index (κ3) is 4.72. The summed E-state index contributed by atoms with van der Waals surface area (Å²) in [5.41, 5.74) is 3.62. The first kappa shape index (κ1) is 20.3. The van der Waals surface area contributed by atoms with E-state index in [0.29, 0.717) is 18.7 Å². The van der Waals surface area contributed by atoms with E-state index in [1.165, 1.54) is 6.92 Å². The summed E-state index contributed by atoms with van der Waals surface area (Å²) in [7, 11) is 0. The standard InChI is InChI=1S/C24H25N3O2/c1-3-13-26(17-20-10-8-19(16-25)9-11-20)24(29)15-23-22-7-5-4-6-21(22)12-14-27(23)18(2)28/h4-12,14,23H,3,13,15,17H2,1-2H3. The van der Waals surface area contributed by atoms with Crippen molar-refractivity contribution in [3.05, 3.63) is 77.0 Å². The van der Waals surface area contributed by atoms with Gasteiger partial charge in [-0.3, -0.25) is 9.59 Å². The second-order valence-corrected chi connectivity index (χ2v) is 7.21. The normalized spacial score (nSPS) is 14.8. The van der Waals surface area contributed by atoms with Crippen LogP contribution < -0.4 is 0 Å². The largest absolute Gasteiger partial charge is 0.338 e. The molecule has 148 valence electrons. The molecule has 1 heterocycles. The summed E-state index contributed by atoms with van der Waals surface area (Å²) in [5.74, 6) is -0.0692. The lowest BCUT2D eigenvalue weighted by atomic mass is 9.93. The number of amides is 2. The highest BCUT2D eigenvalue weighted by Gasteiger charge is 2.29. The van der Waals surface area contributed by atoms with E-state index in [-0.39, 0.29) is 24.3 Å². The van der Waals surface area contributed by atoms with Crippen LogP contribution in [-0.4, -0.2) is 28.2 Å². The Kier molecular flexibility index (Phi) is 6.46. The molecule has 0 aromatic heterocycles. The summed E-state index contributed by atoms with van der Waals surface area (Å²) in [6.45, 7) is 4.70. The number of rotatable bonds is 6. The SMILES string of the molecule is CCCN(Cc1ccc(C#N)cc1)C(=O)CC1c2ccccc2C=CN1C(C)=O. The second-order valence-electron chi connectivity index (χ2n) is 7.21. The summed E-state index contributed by atoms with van der Waals surface area (Å²) in [4.78, 5) is 28.9. The molecule has 5 heteroatoms. The minimum absolute atomic E-state index is 0.0116. The van der Waals surface area contributed by atoms with Crippen molar-refractivity contribution < 1.29 is 9.59 Å². The molecule has 0 radical (unpaired) electrons. The maximum Gasteiger partial charge on any atom is 0.225 e. The third-order valence-corrected chi connectivity index (χ3v) is 5.14. The number of carbonyl (C=O) groups is 2. The number of carbonyl (C=O) groups excluding carboxylic acids is 2. The average Bonchev–Trinajstić information content (AvgIpc) is 2.74. The van der Waals surface area contributed by atoms with E-state index in [9.17, 15) is 9.59 Å². The van der Waals surface area contributed by atoms with Crippen LogP contribution in [0, 0.1) is 11.3 Å². The maximum atomic E-state index is 13.2. The average molecular weight is 387 g/mol. The molecule has 29 heavy (non-hydrogen) atoms. The molecule has 0 spiro atoms. The number of fused-ring (bicyclic) bond motifs is 1. The highest BCUT2D eigenvalue weighted by molar-refractivity contribution is 5.82. The molecule has 3 rings (SSSR count). The van der Waals surface area contributed by atoms with Crippen LogP contribution in [0.15, 0.2) is 54.7 Å². The second kappa shape index (κ2) is 9.20. The molecule has 1 aliphatic rings. The Labute approximate surface area is 171 Å². The van der Waals surface area contributed by atoms with E-state index in [1.54, 1.807) is 23.2 Å². The number of nitrogens with zero attached hydrogens (tertiary/aromatic N) is 3. The minimum atomic E-state index is -0.304. The van der Waals surface area contributed by atoms with Crippen molar-refractivity contribution in [1.82, 2.24) is 9.80 Å². The molecule has 1 aliphatic heterocycles.